The Kier molecular flexibility index (Phi) is 4.08. The predicted molar refractivity (Wildman–Crippen MR) is 82.4 cm³/mol. The van der Waals surface area contributed by atoms with Crippen LogP contribution in [-0.2, 0) is 0 Å². The van der Waals surface area contributed by atoms with E-state index in [2.05, 4.69) is 20.0 Å². The van der Waals surface area contributed by atoms with E-state index in [1.165, 1.54) is 0 Å². The van der Waals surface area contributed by atoms with Crippen LogP contribution in [0.2, 0.25) is 0 Å². The second kappa shape index (κ2) is 6.02. The Morgan fingerprint density at radius 1 is 1.45 bits per heavy atom. The van der Waals surface area contributed by atoms with Crippen LogP contribution in [-0.4, -0.2) is 46.0 Å². The molecule has 1 fully saturated rings. The summed E-state index contributed by atoms with van der Waals surface area (Å²) in [6, 6.07) is 2.03. The summed E-state index contributed by atoms with van der Waals surface area (Å²) in [6.07, 6.45) is 2.65. The Hall–Kier alpha value is -1.99. The summed E-state index contributed by atoms with van der Waals surface area (Å²) in [6.45, 7) is 5.32. The lowest BCUT2D eigenvalue weighted by molar-refractivity contribution is 0.191. The molecule has 0 spiro atoms. The number of aryl methyl sites for hydroxylation is 2. The van der Waals surface area contributed by atoms with Crippen LogP contribution in [0.4, 0.5) is 5.82 Å². The molecule has 0 aliphatic carbocycles. The van der Waals surface area contributed by atoms with Gasteiger partial charge in [-0.3, -0.25) is 0 Å². The average molecular weight is 303 g/mol. The highest BCUT2D eigenvalue weighted by Gasteiger charge is 2.29. The van der Waals surface area contributed by atoms with Crippen LogP contribution >= 0.6 is 0 Å². The smallest absolute Gasteiger partial charge is 0.261 e. The predicted octanol–water partition coefficient (Wildman–Crippen LogP) is 0.894. The zero-order valence-corrected chi connectivity index (χ0v) is 12.9. The zero-order valence-electron chi connectivity index (χ0n) is 12.9. The first kappa shape index (κ1) is 14.9. The van der Waals surface area contributed by atoms with E-state index in [-0.39, 0.29) is 18.6 Å². The maximum absolute atomic E-state index is 9.49. The minimum Gasteiger partial charge on any atom is -0.396 e. The molecule has 0 saturated carbocycles. The molecule has 0 bridgehead atoms. The van der Waals surface area contributed by atoms with Gasteiger partial charge in [0, 0.05) is 37.9 Å². The van der Waals surface area contributed by atoms with Crippen LogP contribution in [0.25, 0.3) is 11.5 Å². The van der Waals surface area contributed by atoms with Crippen molar-refractivity contribution in [1.29, 1.82) is 0 Å². The highest BCUT2D eigenvalue weighted by Crippen LogP contribution is 2.31. The molecule has 3 rings (SSSR count). The van der Waals surface area contributed by atoms with Crippen molar-refractivity contribution < 1.29 is 9.63 Å². The van der Waals surface area contributed by atoms with Gasteiger partial charge < -0.3 is 20.3 Å². The van der Waals surface area contributed by atoms with Crippen molar-refractivity contribution in [3.63, 3.8) is 0 Å². The van der Waals surface area contributed by atoms with E-state index in [0.717, 1.165) is 29.9 Å². The summed E-state index contributed by atoms with van der Waals surface area (Å²) < 4.78 is 5.31. The Bertz CT molecular complexity index is 657. The summed E-state index contributed by atoms with van der Waals surface area (Å²) >= 11 is 0. The van der Waals surface area contributed by atoms with E-state index >= 15 is 0 Å². The van der Waals surface area contributed by atoms with E-state index in [0.29, 0.717) is 18.3 Å². The summed E-state index contributed by atoms with van der Waals surface area (Å²) in [5, 5.41) is 13.4. The Morgan fingerprint density at radius 2 is 2.27 bits per heavy atom. The molecule has 3 heterocycles. The molecule has 0 aromatic carbocycles. The van der Waals surface area contributed by atoms with Crippen molar-refractivity contribution in [3.05, 3.63) is 23.7 Å². The van der Waals surface area contributed by atoms with Gasteiger partial charge in [-0.05, 0) is 31.9 Å². The molecule has 2 aromatic heterocycles. The van der Waals surface area contributed by atoms with E-state index in [1.54, 1.807) is 6.92 Å². The molecule has 0 amide bonds. The molecule has 1 aliphatic heterocycles. The number of aliphatic hydroxyl groups excluding tert-OH is 1. The Balaban J connectivity index is 1.97. The van der Waals surface area contributed by atoms with Gasteiger partial charge in [0.15, 0.2) is 5.82 Å². The summed E-state index contributed by atoms with van der Waals surface area (Å²) in [4.78, 5) is 11.0. The minimum absolute atomic E-state index is 0.0285. The summed E-state index contributed by atoms with van der Waals surface area (Å²) in [5.41, 5.74) is 7.91. The van der Waals surface area contributed by atoms with Gasteiger partial charge in [0.2, 0.25) is 0 Å². The maximum Gasteiger partial charge on any atom is 0.261 e. The number of pyridine rings is 1. The number of aliphatic hydroxyl groups is 1. The third-order valence-corrected chi connectivity index (χ3v) is 4.09. The molecule has 7 nitrogen and oxygen atoms in total. The van der Waals surface area contributed by atoms with Crippen molar-refractivity contribution in [2.75, 3.05) is 24.6 Å². The fraction of sp³-hybridized carbons (Fsp3) is 0.533. The first-order chi connectivity index (χ1) is 10.6. The number of nitrogens with two attached hydrogens (primary N) is 1. The molecule has 2 aromatic rings. The molecular weight excluding hydrogens is 282 g/mol. The Labute approximate surface area is 129 Å². The molecule has 2 atom stereocenters. The highest BCUT2D eigenvalue weighted by molar-refractivity contribution is 5.70. The van der Waals surface area contributed by atoms with Crippen LogP contribution in [0.5, 0.6) is 0 Å². The number of piperidine rings is 1. The number of hydrogen-bond donors (Lipinski definition) is 2. The average Bonchev–Trinajstić information content (AvgIpc) is 2.94. The van der Waals surface area contributed by atoms with Gasteiger partial charge in [-0.1, -0.05) is 5.16 Å². The van der Waals surface area contributed by atoms with E-state index < -0.39 is 0 Å². The van der Waals surface area contributed by atoms with Crippen LogP contribution in [0.1, 0.15) is 17.8 Å². The number of anilines is 1. The third kappa shape index (κ3) is 2.82. The molecule has 118 valence electrons. The van der Waals surface area contributed by atoms with Gasteiger partial charge in [0.25, 0.3) is 5.89 Å². The van der Waals surface area contributed by atoms with Crippen LogP contribution in [0.15, 0.2) is 16.8 Å². The SMILES string of the molecule is Cc1cnc(N2CCC(N)C(CO)C2)c(-c2nc(C)no2)c1. The standard InChI is InChI=1S/C15H21N5O2/c1-9-5-12(15-18-10(2)19-22-15)14(17-6-9)20-4-3-13(16)11(7-20)8-21/h5-6,11,13,21H,3-4,7-8,16H2,1-2H3. The third-order valence-electron chi connectivity index (χ3n) is 4.09. The van der Waals surface area contributed by atoms with Crippen LogP contribution in [0.3, 0.4) is 0 Å². The Morgan fingerprint density at radius 3 is 2.95 bits per heavy atom. The van der Waals surface area contributed by atoms with Gasteiger partial charge in [-0.15, -0.1) is 0 Å². The molecule has 22 heavy (non-hydrogen) atoms. The molecular formula is C15H21N5O2. The molecule has 2 unspecified atom stereocenters. The monoisotopic (exact) mass is 303 g/mol. The first-order valence-corrected chi connectivity index (χ1v) is 7.47. The van der Waals surface area contributed by atoms with Crippen molar-refractivity contribution in [2.24, 2.45) is 11.7 Å². The lowest BCUT2D eigenvalue weighted by Crippen LogP contribution is -2.49. The van der Waals surface area contributed by atoms with Gasteiger partial charge >= 0.3 is 0 Å². The van der Waals surface area contributed by atoms with Gasteiger partial charge in [0.05, 0.1) is 5.56 Å². The number of rotatable bonds is 3. The second-order valence-corrected chi connectivity index (χ2v) is 5.87. The van der Waals surface area contributed by atoms with Gasteiger partial charge in [0.1, 0.15) is 5.82 Å². The van der Waals surface area contributed by atoms with Crippen molar-refractivity contribution in [2.45, 2.75) is 26.3 Å². The lowest BCUT2D eigenvalue weighted by Gasteiger charge is -2.37. The van der Waals surface area contributed by atoms with Crippen molar-refractivity contribution in [3.8, 4) is 11.5 Å². The molecule has 7 heteroatoms. The highest BCUT2D eigenvalue weighted by atomic mass is 16.5. The summed E-state index contributed by atoms with van der Waals surface area (Å²) in [5.74, 6) is 1.92. The topological polar surface area (TPSA) is 101 Å². The van der Waals surface area contributed by atoms with Crippen LogP contribution < -0.4 is 10.6 Å². The molecule has 1 aliphatic rings. The largest absolute Gasteiger partial charge is 0.396 e. The molecule has 0 radical (unpaired) electrons. The summed E-state index contributed by atoms with van der Waals surface area (Å²) in [7, 11) is 0. The quantitative estimate of drug-likeness (QED) is 0.868. The second-order valence-electron chi connectivity index (χ2n) is 5.87. The van der Waals surface area contributed by atoms with Crippen LogP contribution in [0, 0.1) is 19.8 Å². The first-order valence-electron chi connectivity index (χ1n) is 7.47. The number of aromatic nitrogens is 3. The van der Waals surface area contributed by atoms with E-state index in [1.807, 2.05) is 19.2 Å². The number of hydrogen-bond acceptors (Lipinski definition) is 7. The van der Waals surface area contributed by atoms with Gasteiger partial charge in [-0.25, -0.2) is 4.98 Å². The fourth-order valence-corrected chi connectivity index (χ4v) is 2.81. The van der Waals surface area contributed by atoms with Gasteiger partial charge in [-0.2, -0.15) is 4.98 Å². The zero-order chi connectivity index (χ0) is 15.7. The van der Waals surface area contributed by atoms with E-state index in [9.17, 15) is 5.11 Å². The van der Waals surface area contributed by atoms with E-state index in [4.69, 9.17) is 10.3 Å². The molecule has 1 saturated heterocycles. The molecule has 3 N–H and O–H groups in total. The minimum atomic E-state index is 0.0285. The fourth-order valence-electron chi connectivity index (χ4n) is 2.81. The maximum atomic E-state index is 9.49. The van der Waals surface area contributed by atoms with Crippen molar-refractivity contribution >= 4 is 5.82 Å². The number of nitrogens with zero attached hydrogens (tertiary/aromatic N) is 4. The normalized spacial score (nSPS) is 22.1. The van der Waals surface area contributed by atoms with Crippen molar-refractivity contribution in [1.82, 2.24) is 15.1 Å². The lowest BCUT2D eigenvalue weighted by atomic mass is 9.93.